The summed E-state index contributed by atoms with van der Waals surface area (Å²) in [6, 6.07) is 6.07. The minimum Gasteiger partial charge on any atom is -0.480 e. The zero-order valence-electron chi connectivity index (χ0n) is 11.8. The number of halogens is 1. The largest absolute Gasteiger partial charge is 0.480 e. The van der Waals surface area contributed by atoms with Crippen LogP contribution >= 0.6 is 0 Å². The molecule has 1 aliphatic heterocycles. The molecule has 20 heavy (non-hydrogen) atoms. The van der Waals surface area contributed by atoms with Crippen LogP contribution in [0.2, 0.25) is 0 Å². The van der Waals surface area contributed by atoms with Crippen molar-refractivity contribution in [1.82, 2.24) is 4.90 Å². The summed E-state index contributed by atoms with van der Waals surface area (Å²) in [6.45, 7) is 5.02. The van der Waals surface area contributed by atoms with E-state index in [4.69, 9.17) is 0 Å². The molecule has 0 aliphatic carbocycles. The fourth-order valence-electron chi connectivity index (χ4n) is 2.68. The number of hydrogen-bond acceptors (Lipinski definition) is 3. The van der Waals surface area contributed by atoms with Gasteiger partial charge in [-0.05, 0) is 30.7 Å². The predicted molar refractivity (Wildman–Crippen MR) is 76.5 cm³/mol. The molecule has 110 valence electrons. The third-order valence-electron chi connectivity index (χ3n) is 3.79. The zero-order valence-corrected chi connectivity index (χ0v) is 11.8. The van der Waals surface area contributed by atoms with Crippen LogP contribution in [0.15, 0.2) is 24.3 Å². The van der Waals surface area contributed by atoms with E-state index in [2.05, 4.69) is 4.90 Å². The second-order valence-corrected chi connectivity index (χ2v) is 5.14. The molecule has 0 bridgehead atoms. The van der Waals surface area contributed by atoms with Crippen molar-refractivity contribution >= 4 is 11.7 Å². The van der Waals surface area contributed by atoms with E-state index in [1.165, 1.54) is 12.1 Å². The van der Waals surface area contributed by atoms with Crippen molar-refractivity contribution in [2.45, 2.75) is 25.8 Å². The summed E-state index contributed by atoms with van der Waals surface area (Å²) in [5.74, 6) is -0.969. The van der Waals surface area contributed by atoms with Crippen molar-refractivity contribution in [3.63, 3.8) is 0 Å². The Labute approximate surface area is 118 Å². The maximum absolute atomic E-state index is 12.9. The first-order valence-electron chi connectivity index (χ1n) is 7.09. The Morgan fingerprint density at radius 3 is 2.35 bits per heavy atom. The SMILES string of the molecule is CCC[C@@H](C(=O)O)N1CCN(c2ccc(F)cc2)CC1. The van der Waals surface area contributed by atoms with Crippen molar-refractivity contribution in [2.75, 3.05) is 31.1 Å². The molecule has 0 unspecified atom stereocenters. The van der Waals surface area contributed by atoms with Crippen LogP contribution < -0.4 is 4.90 Å². The third kappa shape index (κ3) is 3.48. The molecule has 0 saturated carbocycles. The maximum Gasteiger partial charge on any atom is 0.320 e. The van der Waals surface area contributed by atoms with Crippen molar-refractivity contribution in [2.24, 2.45) is 0 Å². The van der Waals surface area contributed by atoms with E-state index in [0.717, 1.165) is 38.3 Å². The minimum atomic E-state index is -0.734. The fraction of sp³-hybridized carbons (Fsp3) is 0.533. The molecule has 1 aliphatic rings. The Morgan fingerprint density at radius 1 is 1.25 bits per heavy atom. The van der Waals surface area contributed by atoms with E-state index >= 15 is 0 Å². The number of aliphatic carboxylic acids is 1. The Kier molecular flexibility index (Phi) is 4.95. The number of piperazine rings is 1. The number of benzene rings is 1. The highest BCUT2D eigenvalue weighted by atomic mass is 19.1. The molecule has 1 fully saturated rings. The molecular formula is C15H21FN2O2. The van der Waals surface area contributed by atoms with Gasteiger partial charge in [-0.1, -0.05) is 13.3 Å². The first-order chi connectivity index (χ1) is 9.61. The summed E-state index contributed by atoms with van der Waals surface area (Å²) in [7, 11) is 0. The second kappa shape index (κ2) is 6.70. The van der Waals surface area contributed by atoms with E-state index in [0.29, 0.717) is 6.42 Å². The van der Waals surface area contributed by atoms with E-state index in [1.807, 2.05) is 11.8 Å². The Hall–Kier alpha value is -1.62. The molecular weight excluding hydrogens is 259 g/mol. The average molecular weight is 280 g/mol. The lowest BCUT2D eigenvalue weighted by molar-refractivity contribution is -0.143. The monoisotopic (exact) mass is 280 g/mol. The molecule has 4 nitrogen and oxygen atoms in total. The van der Waals surface area contributed by atoms with E-state index in [1.54, 1.807) is 12.1 Å². The van der Waals surface area contributed by atoms with Gasteiger partial charge in [-0.25, -0.2) is 4.39 Å². The Morgan fingerprint density at radius 2 is 1.85 bits per heavy atom. The van der Waals surface area contributed by atoms with Crippen LogP contribution in [-0.2, 0) is 4.79 Å². The summed E-state index contributed by atoms with van der Waals surface area (Å²) in [4.78, 5) is 15.5. The van der Waals surface area contributed by atoms with E-state index in [-0.39, 0.29) is 11.9 Å². The standard InChI is InChI=1S/C15H21FN2O2/c1-2-3-14(15(19)20)18-10-8-17(9-11-18)13-6-4-12(16)5-7-13/h4-7,14H,2-3,8-11H2,1H3,(H,19,20)/t14-/m0/s1. The van der Waals surface area contributed by atoms with Crippen molar-refractivity contribution in [1.29, 1.82) is 0 Å². The van der Waals surface area contributed by atoms with Gasteiger partial charge in [-0.3, -0.25) is 9.69 Å². The number of rotatable bonds is 5. The molecule has 0 radical (unpaired) electrons. The number of nitrogens with zero attached hydrogens (tertiary/aromatic N) is 2. The van der Waals surface area contributed by atoms with Crippen LogP contribution in [-0.4, -0.2) is 48.2 Å². The van der Waals surface area contributed by atoms with Crippen LogP contribution in [0.25, 0.3) is 0 Å². The molecule has 1 aromatic rings. The molecule has 0 spiro atoms. The van der Waals surface area contributed by atoms with Gasteiger partial charge in [-0.15, -0.1) is 0 Å². The topological polar surface area (TPSA) is 43.8 Å². The zero-order chi connectivity index (χ0) is 14.5. The van der Waals surface area contributed by atoms with Gasteiger partial charge < -0.3 is 10.0 Å². The van der Waals surface area contributed by atoms with Gasteiger partial charge in [-0.2, -0.15) is 0 Å². The predicted octanol–water partition coefficient (Wildman–Crippen LogP) is 2.20. The quantitative estimate of drug-likeness (QED) is 0.898. The third-order valence-corrected chi connectivity index (χ3v) is 3.79. The molecule has 1 N–H and O–H groups in total. The number of anilines is 1. The highest BCUT2D eigenvalue weighted by molar-refractivity contribution is 5.73. The summed E-state index contributed by atoms with van der Waals surface area (Å²) in [5, 5.41) is 9.27. The van der Waals surface area contributed by atoms with Crippen LogP contribution in [0, 0.1) is 5.82 Å². The van der Waals surface area contributed by atoms with Crippen LogP contribution in [0.5, 0.6) is 0 Å². The lowest BCUT2D eigenvalue weighted by Gasteiger charge is -2.38. The molecule has 1 aromatic carbocycles. The van der Waals surface area contributed by atoms with E-state index < -0.39 is 5.97 Å². The molecule has 0 amide bonds. The fourth-order valence-corrected chi connectivity index (χ4v) is 2.68. The van der Waals surface area contributed by atoms with Gasteiger partial charge in [0.15, 0.2) is 0 Å². The lowest BCUT2D eigenvalue weighted by Crippen LogP contribution is -2.52. The molecule has 1 heterocycles. The summed E-state index contributed by atoms with van der Waals surface area (Å²) < 4.78 is 12.9. The number of hydrogen-bond donors (Lipinski definition) is 1. The lowest BCUT2D eigenvalue weighted by atomic mass is 10.1. The smallest absolute Gasteiger partial charge is 0.320 e. The first-order valence-corrected chi connectivity index (χ1v) is 7.09. The molecule has 1 atom stereocenters. The second-order valence-electron chi connectivity index (χ2n) is 5.14. The van der Waals surface area contributed by atoms with Crippen LogP contribution in [0.3, 0.4) is 0 Å². The molecule has 5 heteroatoms. The molecule has 2 rings (SSSR count). The molecule has 0 aromatic heterocycles. The van der Waals surface area contributed by atoms with Crippen LogP contribution in [0.1, 0.15) is 19.8 Å². The van der Waals surface area contributed by atoms with Gasteiger partial charge in [0.25, 0.3) is 0 Å². The van der Waals surface area contributed by atoms with Crippen molar-refractivity contribution in [3.8, 4) is 0 Å². The van der Waals surface area contributed by atoms with Gasteiger partial charge in [0.2, 0.25) is 0 Å². The normalized spacial score (nSPS) is 18.0. The Bertz CT molecular complexity index is 442. The van der Waals surface area contributed by atoms with Gasteiger partial charge >= 0.3 is 5.97 Å². The summed E-state index contributed by atoms with van der Waals surface area (Å²) in [5.41, 5.74) is 0.994. The minimum absolute atomic E-state index is 0.235. The van der Waals surface area contributed by atoms with Crippen molar-refractivity contribution < 1.29 is 14.3 Å². The summed E-state index contributed by atoms with van der Waals surface area (Å²) in [6.07, 6.45) is 1.56. The number of carboxylic acids is 1. The van der Waals surface area contributed by atoms with E-state index in [9.17, 15) is 14.3 Å². The van der Waals surface area contributed by atoms with Gasteiger partial charge in [0.05, 0.1) is 0 Å². The molecule has 1 saturated heterocycles. The average Bonchev–Trinajstić information content (AvgIpc) is 2.45. The number of carboxylic acid groups (broad SMARTS) is 1. The first kappa shape index (κ1) is 14.8. The van der Waals surface area contributed by atoms with Gasteiger partial charge in [0.1, 0.15) is 11.9 Å². The maximum atomic E-state index is 12.9. The Balaban J connectivity index is 1.94. The van der Waals surface area contributed by atoms with Crippen molar-refractivity contribution in [3.05, 3.63) is 30.1 Å². The highest BCUT2D eigenvalue weighted by Crippen LogP contribution is 2.19. The van der Waals surface area contributed by atoms with Gasteiger partial charge in [0, 0.05) is 31.9 Å². The van der Waals surface area contributed by atoms with Crippen LogP contribution in [0.4, 0.5) is 10.1 Å². The highest BCUT2D eigenvalue weighted by Gasteiger charge is 2.28. The number of carbonyl (C=O) groups is 1. The summed E-state index contributed by atoms with van der Waals surface area (Å²) >= 11 is 0.